The SMILES string of the molecule is CCNC(=NCCCn1ccnc1)NC(C)c1ccccc1. The molecule has 0 aliphatic heterocycles. The molecule has 1 heterocycles. The van der Waals surface area contributed by atoms with Gasteiger partial charge < -0.3 is 15.2 Å². The van der Waals surface area contributed by atoms with Crippen LogP contribution in [0.4, 0.5) is 0 Å². The van der Waals surface area contributed by atoms with Crippen LogP contribution in [0.25, 0.3) is 0 Å². The van der Waals surface area contributed by atoms with Crippen molar-refractivity contribution in [1.29, 1.82) is 0 Å². The van der Waals surface area contributed by atoms with Crippen LogP contribution in [-0.2, 0) is 6.54 Å². The zero-order valence-electron chi connectivity index (χ0n) is 13.4. The van der Waals surface area contributed by atoms with Crippen molar-refractivity contribution in [2.75, 3.05) is 13.1 Å². The third-order valence-electron chi connectivity index (χ3n) is 3.40. The summed E-state index contributed by atoms with van der Waals surface area (Å²) in [5, 5.41) is 6.74. The summed E-state index contributed by atoms with van der Waals surface area (Å²) >= 11 is 0. The van der Waals surface area contributed by atoms with Crippen LogP contribution in [0.2, 0.25) is 0 Å². The smallest absolute Gasteiger partial charge is 0.191 e. The van der Waals surface area contributed by atoms with Crippen molar-refractivity contribution in [2.45, 2.75) is 32.9 Å². The van der Waals surface area contributed by atoms with E-state index in [9.17, 15) is 0 Å². The van der Waals surface area contributed by atoms with Crippen molar-refractivity contribution < 1.29 is 0 Å². The van der Waals surface area contributed by atoms with Gasteiger partial charge in [-0.25, -0.2) is 4.98 Å². The van der Waals surface area contributed by atoms with Crippen molar-refractivity contribution in [3.63, 3.8) is 0 Å². The molecule has 0 saturated carbocycles. The predicted molar refractivity (Wildman–Crippen MR) is 90.8 cm³/mol. The number of nitrogens with one attached hydrogen (secondary N) is 2. The van der Waals surface area contributed by atoms with Gasteiger partial charge in [0, 0.05) is 32.0 Å². The van der Waals surface area contributed by atoms with Gasteiger partial charge in [-0.05, 0) is 25.8 Å². The maximum Gasteiger partial charge on any atom is 0.191 e. The van der Waals surface area contributed by atoms with Crippen molar-refractivity contribution in [2.24, 2.45) is 4.99 Å². The van der Waals surface area contributed by atoms with Crippen molar-refractivity contribution in [3.05, 3.63) is 54.6 Å². The van der Waals surface area contributed by atoms with E-state index in [1.807, 2.05) is 18.6 Å². The van der Waals surface area contributed by atoms with Gasteiger partial charge in [0.05, 0.1) is 12.4 Å². The van der Waals surface area contributed by atoms with Crippen LogP contribution in [0.1, 0.15) is 31.9 Å². The summed E-state index contributed by atoms with van der Waals surface area (Å²) in [7, 11) is 0. The molecule has 1 aromatic carbocycles. The summed E-state index contributed by atoms with van der Waals surface area (Å²) in [6.07, 6.45) is 6.61. The topological polar surface area (TPSA) is 54.2 Å². The molecule has 2 rings (SSSR count). The summed E-state index contributed by atoms with van der Waals surface area (Å²) in [4.78, 5) is 8.68. The van der Waals surface area contributed by atoms with Crippen LogP contribution in [0.5, 0.6) is 0 Å². The van der Waals surface area contributed by atoms with E-state index in [1.54, 1.807) is 6.20 Å². The summed E-state index contributed by atoms with van der Waals surface area (Å²) in [5.41, 5.74) is 1.26. The standard InChI is InChI=1S/C17H25N5/c1-3-19-17(20-10-7-12-22-13-11-18-14-22)21-15(2)16-8-5-4-6-9-16/h4-6,8-9,11,13-15H,3,7,10,12H2,1-2H3,(H2,19,20,21). The van der Waals surface area contributed by atoms with Gasteiger partial charge in [0.2, 0.25) is 0 Å². The van der Waals surface area contributed by atoms with Gasteiger partial charge in [0.25, 0.3) is 0 Å². The molecular weight excluding hydrogens is 274 g/mol. The van der Waals surface area contributed by atoms with Crippen LogP contribution >= 0.6 is 0 Å². The van der Waals surface area contributed by atoms with E-state index in [1.165, 1.54) is 5.56 Å². The van der Waals surface area contributed by atoms with Crippen molar-refractivity contribution >= 4 is 5.96 Å². The lowest BCUT2D eigenvalue weighted by Crippen LogP contribution is -2.38. The number of aryl methyl sites for hydroxylation is 1. The summed E-state index contributed by atoms with van der Waals surface area (Å²) in [6, 6.07) is 10.6. The summed E-state index contributed by atoms with van der Waals surface area (Å²) < 4.78 is 2.07. The summed E-state index contributed by atoms with van der Waals surface area (Å²) in [5.74, 6) is 0.865. The second-order valence-corrected chi connectivity index (χ2v) is 5.19. The lowest BCUT2D eigenvalue weighted by Gasteiger charge is -2.18. The second-order valence-electron chi connectivity index (χ2n) is 5.19. The Balaban J connectivity index is 1.84. The normalized spacial score (nSPS) is 12.9. The van der Waals surface area contributed by atoms with Gasteiger partial charge >= 0.3 is 0 Å². The highest BCUT2D eigenvalue weighted by molar-refractivity contribution is 5.80. The molecule has 22 heavy (non-hydrogen) atoms. The molecule has 2 N–H and O–H groups in total. The second kappa shape index (κ2) is 8.87. The van der Waals surface area contributed by atoms with Crippen LogP contribution in [-0.4, -0.2) is 28.6 Å². The van der Waals surface area contributed by atoms with Gasteiger partial charge in [0.1, 0.15) is 0 Å². The Hall–Kier alpha value is -2.30. The molecule has 1 aromatic heterocycles. The first-order valence-corrected chi connectivity index (χ1v) is 7.85. The minimum absolute atomic E-state index is 0.229. The largest absolute Gasteiger partial charge is 0.357 e. The molecule has 5 heteroatoms. The van der Waals surface area contributed by atoms with Gasteiger partial charge in [-0.2, -0.15) is 0 Å². The molecular formula is C17H25N5. The fourth-order valence-corrected chi connectivity index (χ4v) is 2.21. The maximum absolute atomic E-state index is 4.64. The van der Waals surface area contributed by atoms with E-state index in [0.717, 1.165) is 32.0 Å². The Morgan fingerprint density at radius 3 is 2.82 bits per heavy atom. The summed E-state index contributed by atoms with van der Waals surface area (Å²) in [6.45, 7) is 6.81. The minimum Gasteiger partial charge on any atom is -0.357 e. The monoisotopic (exact) mass is 299 g/mol. The molecule has 1 atom stereocenters. The number of guanidine groups is 1. The molecule has 0 saturated heterocycles. The Labute approximate surface area is 132 Å². The van der Waals surface area contributed by atoms with Crippen LogP contribution < -0.4 is 10.6 Å². The molecule has 5 nitrogen and oxygen atoms in total. The lowest BCUT2D eigenvalue weighted by atomic mass is 10.1. The number of imidazole rings is 1. The number of hydrogen-bond donors (Lipinski definition) is 2. The Morgan fingerprint density at radius 1 is 1.32 bits per heavy atom. The fraction of sp³-hybridized carbons (Fsp3) is 0.412. The molecule has 0 spiro atoms. The van der Waals surface area contributed by atoms with Gasteiger partial charge in [-0.3, -0.25) is 4.99 Å². The van der Waals surface area contributed by atoms with E-state index in [4.69, 9.17) is 0 Å². The highest BCUT2D eigenvalue weighted by Crippen LogP contribution is 2.10. The third kappa shape index (κ3) is 5.24. The molecule has 1 unspecified atom stereocenters. The van der Waals surface area contributed by atoms with E-state index < -0.39 is 0 Å². The maximum atomic E-state index is 4.64. The molecule has 0 bridgehead atoms. The van der Waals surface area contributed by atoms with E-state index >= 15 is 0 Å². The molecule has 0 aliphatic carbocycles. The van der Waals surface area contributed by atoms with Gasteiger partial charge in [-0.15, -0.1) is 0 Å². The highest BCUT2D eigenvalue weighted by atomic mass is 15.2. The van der Waals surface area contributed by atoms with E-state index in [0.29, 0.717) is 0 Å². The quantitative estimate of drug-likeness (QED) is 0.469. The third-order valence-corrected chi connectivity index (χ3v) is 3.40. The molecule has 2 aromatic rings. The van der Waals surface area contributed by atoms with Crippen molar-refractivity contribution in [1.82, 2.24) is 20.2 Å². The first-order valence-electron chi connectivity index (χ1n) is 7.85. The zero-order chi connectivity index (χ0) is 15.6. The number of aromatic nitrogens is 2. The number of aliphatic imine (C=N–C) groups is 1. The average molecular weight is 299 g/mol. The fourth-order valence-electron chi connectivity index (χ4n) is 2.21. The molecule has 0 fully saturated rings. The first-order chi connectivity index (χ1) is 10.8. The Bertz CT molecular complexity index is 548. The Kier molecular flexibility index (Phi) is 6.48. The average Bonchev–Trinajstić information content (AvgIpc) is 3.06. The van der Waals surface area contributed by atoms with Gasteiger partial charge in [0.15, 0.2) is 5.96 Å². The highest BCUT2D eigenvalue weighted by Gasteiger charge is 2.06. The molecule has 0 amide bonds. The van der Waals surface area contributed by atoms with E-state index in [2.05, 4.69) is 63.3 Å². The lowest BCUT2D eigenvalue weighted by molar-refractivity contribution is 0.640. The predicted octanol–water partition coefficient (Wildman–Crippen LogP) is 2.59. The Morgan fingerprint density at radius 2 is 2.14 bits per heavy atom. The van der Waals surface area contributed by atoms with Crippen LogP contribution in [0.3, 0.4) is 0 Å². The van der Waals surface area contributed by atoms with Gasteiger partial charge in [-0.1, -0.05) is 30.3 Å². The molecule has 118 valence electrons. The number of nitrogens with zero attached hydrogens (tertiary/aromatic N) is 3. The van der Waals surface area contributed by atoms with Crippen LogP contribution in [0.15, 0.2) is 54.0 Å². The van der Waals surface area contributed by atoms with E-state index in [-0.39, 0.29) is 6.04 Å². The number of rotatable bonds is 7. The molecule has 0 radical (unpaired) electrons. The minimum atomic E-state index is 0.229. The molecule has 0 aliphatic rings. The van der Waals surface area contributed by atoms with Crippen molar-refractivity contribution in [3.8, 4) is 0 Å². The van der Waals surface area contributed by atoms with Crippen LogP contribution in [0, 0.1) is 0 Å². The zero-order valence-corrected chi connectivity index (χ0v) is 13.4. The first kappa shape index (κ1) is 16.1. The number of hydrogen-bond acceptors (Lipinski definition) is 2. The number of benzene rings is 1.